The Labute approximate surface area is 133 Å². The first-order chi connectivity index (χ1) is 10.6. The smallest absolute Gasteiger partial charge is 0.274 e. The van der Waals surface area contributed by atoms with Crippen LogP contribution in [0, 0.1) is 5.92 Å². The number of rotatable bonds is 3. The third-order valence-corrected chi connectivity index (χ3v) is 4.48. The Kier molecular flexibility index (Phi) is 4.15. The van der Waals surface area contributed by atoms with Crippen LogP contribution in [0.2, 0.25) is 5.02 Å². The molecule has 0 bridgehead atoms. The molecule has 2 aliphatic heterocycles. The highest BCUT2D eigenvalue weighted by Gasteiger charge is 2.32. The number of carbonyl (C=O) groups is 2. The zero-order valence-electron chi connectivity index (χ0n) is 12.2. The van der Waals surface area contributed by atoms with Crippen LogP contribution in [0.15, 0.2) is 6.20 Å². The number of carbonyl (C=O) groups excluding carboxylic acids is 2. The summed E-state index contributed by atoms with van der Waals surface area (Å²) in [6, 6.07) is 0. The van der Waals surface area contributed by atoms with Crippen LogP contribution < -0.4 is 10.6 Å². The number of hydrogen-bond donors (Lipinski definition) is 1. The van der Waals surface area contributed by atoms with Crippen molar-refractivity contribution in [2.24, 2.45) is 11.7 Å². The molecule has 118 valence electrons. The summed E-state index contributed by atoms with van der Waals surface area (Å²) >= 11 is 6.09. The van der Waals surface area contributed by atoms with E-state index in [-0.39, 0.29) is 28.4 Å². The van der Waals surface area contributed by atoms with Crippen molar-refractivity contribution in [3.63, 3.8) is 0 Å². The van der Waals surface area contributed by atoms with Crippen LogP contribution in [0.1, 0.15) is 29.8 Å². The molecule has 1 aromatic heterocycles. The second-order valence-corrected chi connectivity index (χ2v) is 6.11. The predicted octanol–water partition coefficient (Wildman–Crippen LogP) is 0.678. The molecule has 7 nitrogen and oxygen atoms in total. The Balaban J connectivity index is 1.80. The summed E-state index contributed by atoms with van der Waals surface area (Å²) in [6.45, 7) is 2.60. The molecule has 1 unspecified atom stereocenters. The van der Waals surface area contributed by atoms with Gasteiger partial charge in [0.2, 0.25) is 11.9 Å². The molecular formula is C14H18ClN5O2. The fraction of sp³-hybridized carbons (Fsp3) is 0.571. The third-order valence-electron chi connectivity index (χ3n) is 4.20. The number of anilines is 1. The Morgan fingerprint density at radius 2 is 2.00 bits per heavy atom. The number of nitrogens with two attached hydrogens (primary N) is 1. The van der Waals surface area contributed by atoms with E-state index in [9.17, 15) is 9.59 Å². The first kappa shape index (κ1) is 15.0. The molecule has 3 heterocycles. The van der Waals surface area contributed by atoms with Gasteiger partial charge in [-0.15, -0.1) is 0 Å². The molecule has 0 saturated carbocycles. The first-order valence-electron chi connectivity index (χ1n) is 7.42. The lowest BCUT2D eigenvalue weighted by molar-refractivity contribution is -0.121. The number of amides is 2. The van der Waals surface area contributed by atoms with E-state index < -0.39 is 0 Å². The Hall–Kier alpha value is -1.89. The molecule has 0 spiro atoms. The van der Waals surface area contributed by atoms with Gasteiger partial charge >= 0.3 is 0 Å². The van der Waals surface area contributed by atoms with Crippen molar-refractivity contribution in [3.8, 4) is 0 Å². The van der Waals surface area contributed by atoms with E-state index >= 15 is 0 Å². The summed E-state index contributed by atoms with van der Waals surface area (Å²) < 4.78 is 0. The topological polar surface area (TPSA) is 92.4 Å². The van der Waals surface area contributed by atoms with Crippen molar-refractivity contribution in [1.82, 2.24) is 14.9 Å². The van der Waals surface area contributed by atoms with Gasteiger partial charge in [0, 0.05) is 26.2 Å². The van der Waals surface area contributed by atoms with Gasteiger partial charge in [0.15, 0.2) is 5.69 Å². The fourth-order valence-corrected chi connectivity index (χ4v) is 3.08. The molecule has 22 heavy (non-hydrogen) atoms. The molecule has 1 aromatic rings. The zero-order valence-corrected chi connectivity index (χ0v) is 12.9. The summed E-state index contributed by atoms with van der Waals surface area (Å²) in [6.07, 6.45) is 4.25. The van der Waals surface area contributed by atoms with Gasteiger partial charge in [-0.2, -0.15) is 0 Å². The van der Waals surface area contributed by atoms with Crippen LogP contribution >= 0.6 is 11.6 Å². The molecule has 2 saturated heterocycles. The summed E-state index contributed by atoms with van der Waals surface area (Å²) in [7, 11) is 0. The van der Waals surface area contributed by atoms with Crippen LogP contribution in [-0.2, 0) is 4.79 Å². The van der Waals surface area contributed by atoms with Crippen molar-refractivity contribution < 1.29 is 9.59 Å². The maximum atomic E-state index is 12.6. The van der Waals surface area contributed by atoms with Crippen molar-refractivity contribution >= 4 is 29.4 Å². The van der Waals surface area contributed by atoms with Gasteiger partial charge in [0.25, 0.3) is 5.91 Å². The second kappa shape index (κ2) is 6.08. The van der Waals surface area contributed by atoms with E-state index in [0.717, 1.165) is 25.9 Å². The van der Waals surface area contributed by atoms with Crippen molar-refractivity contribution in [2.45, 2.75) is 19.3 Å². The quantitative estimate of drug-likeness (QED) is 0.883. The number of primary amides is 1. The molecule has 2 aliphatic rings. The highest BCUT2D eigenvalue weighted by Crippen LogP contribution is 2.23. The number of nitrogens with zero attached hydrogens (tertiary/aromatic N) is 4. The van der Waals surface area contributed by atoms with Crippen LogP contribution in [-0.4, -0.2) is 52.9 Å². The van der Waals surface area contributed by atoms with Crippen molar-refractivity contribution in [1.29, 1.82) is 0 Å². The zero-order chi connectivity index (χ0) is 15.7. The minimum atomic E-state index is -0.373. The molecule has 2 amide bonds. The van der Waals surface area contributed by atoms with Gasteiger partial charge in [-0.25, -0.2) is 9.97 Å². The molecule has 3 rings (SSSR count). The van der Waals surface area contributed by atoms with E-state index in [1.807, 2.05) is 4.90 Å². The van der Waals surface area contributed by atoms with E-state index in [1.54, 1.807) is 4.90 Å². The van der Waals surface area contributed by atoms with Crippen LogP contribution in [0.25, 0.3) is 0 Å². The van der Waals surface area contributed by atoms with Crippen LogP contribution in [0.4, 0.5) is 5.95 Å². The summed E-state index contributed by atoms with van der Waals surface area (Å²) in [5, 5.41) is 0.232. The van der Waals surface area contributed by atoms with Crippen LogP contribution in [0.3, 0.4) is 0 Å². The van der Waals surface area contributed by atoms with Gasteiger partial charge in [-0.05, 0) is 19.3 Å². The second-order valence-electron chi connectivity index (χ2n) is 5.70. The van der Waals surface area contributed by atoms with Gasteiger partial charge in [0.05, 0.1) is 17.1 Å². The lowest BCUT2D eigenvalue weighted by atomic mass is 10.1. The standard InChI is InChI=1S/C14H18ClN5O2/c15-10-7-17-14(19-4-1-2-5-19)18-11(10)13(22)20-6-3-9(8-20)12(16)21/h7,9H,1-6,8H2,(H2,16,21). The SMILES string of the molecule is NC(=O)C1CCN(C(=O)c2nc(N3CCCC3)ncc2Cl)C1. The predicted molar refractivity (Wildman–Crippen MR) is 81.7 cm³/mol. The fourth-order valence-electron chi connectivity index (χ4n) is 2.90. The normalized spacial score (nSPS) is 21.4. The monoisotopic (exact) mass is 323 g/mol. The Morgan fingerprint density at radius 3 is 2.64 bits per heavy atom. The highest BCUT2D eigenvalue weighted by molar-refractivity contribution is 6.33. The molecule has 2 N–H and O–H groups in total. The lowest BCUT2D eigenvalue weighted by Crippen LogP contribution is -2.33. The third kappa shape index (κ3) is 2.85. The Bertz CT molecular complexity index is 603. The molecular weight excluding hydrogens is 306 g/mol. The highest BCUT2D eigenvalue weighted by atomic mass is 35.5. The van der Waals surface area contributed by atoms with E-state index in [0.29, 0.717) is 25.5 Å². The summed E-state index contributed by atoms with van der Waals surface area (Å²) in [4.78, 5) is 36.0. The molecule has 1 atom stereocenters. The molecule has 0 aliphatic carbocycles. The van der Waals surface area contributed by atoms with Gasteiger partial charge in [-0.1, -0.05) is 11.6 Å². The van der Waals surface area contributed by atoms with Gasteiger partial charge in [-0.3, -0.25) is 9.59 Å². The summed E-state index contributed by atoms with van der Waals surface area (Å²) in [5.74, 6) is -0.392. The molecule has 8 heteroatoms. The summed E-state index contributed by atoms with van der Waals surface area (Å²) in [5.41, 5.74) is 5.50. The number of halogens is 1. The molecule has 0 radical (unpaired) electrons. The maximum absolute atomic E-state index is 12.6. The lowest BCUT2D eigenvalue weighted by Gasteiger charge is -2.19. The van der Waals surface area contributed by atoms with E-state index in [2.05, 4.69) is 9.97 Å². The van der Waals surface area contributed by atoms with Crippen LogP contribution in [0.5, 0.6) is 0 Å². The molecule has 0 aromatic carbocycles. The van der Waals surface area contributed by atoms with Gasteiger partial charge in [0.1, 0.15) is 0 Å². The van der Waals surface area contributed by atoms with Crippen molar-refractivity contribution in [2.75, 3.05) is 31.1 Å². The Morgan fingerprint density at radius 1 is 1.27 bits per heavy atom. The number of likely N-dealkylation sites (tertiary alicyclic amines) is 1. The van der Waals surface area contributed by atoms with E-state index in [4.69, 9.17) is 17.3 Å². The number of hydrogen-bond acceptors (Lipinski definition) is 5. The minimum Gasteiger partial charge on any atom is -0.369 e. The average molecular weight is 324 g/mol. The molecule has 2 fully saturated rings. The minimum absolute atomic E-state index is 0.198. The van der Waals surface area contributed by atoms with E-state index in [1.165, 1.54) is 6.20 Å². The first-order valence-corrected chi connectivity index (χ1v) is 7.80. The average Bonchev–Trinajstić information content (AvgIpc) is 3.18. The van der Waals surface area contributed by atoms with Gasteiger partial charge < -0.3 is 15.5 Å². The maximum Gasteiger partial charge on any atom is 0.274 e. The van der Waals surface area contributed by atoms with Crippen molar-refractivity contribution in [3.05, 3.63) is 16.9 Å². The number of aromatic nitrogens is 2. The largest absolute Gasteiger partial charge is 0.369 e.